The first-order valence-electron chi connectivity index (χ1n) is 8.75. The zero-order valence-corrected chi connectivity index (χ0v) is 16.6. The van der Waals surface area contributed by atoms with Crippen molar-refractivity contribution in [1.82, 2.24) is 0 Å². The van der Waals surface area contributed by atoms with E-state index in [1.54, 1.807) is 6.92 Å². The summed E-state index contributed by atoms with van der Waals surface area (Å²) in [6.45, 7) is 7.08. The second-order valence-electron chi connectivity index (χ2n) is 6.60. The van der Waals surface area contributed by atoms with Gasteiger partial charge in [0.1, 0.15) is 0 Å². The molecule has 0 saturated carbocycles. The molecule has 2 aromatic carbocycles. The Morgan fingerprint density at radius 2 is 1.85 bits per heavy atom. The van der Waals surface area contributed by atoms with Gasteiger partial charge in [0.2, 0.25) is 0 Å². The summed E-state index contributed by atoms with van der Waals surface area (Å²) in [5.41, 5.74) is 4.38. The number of aliphatic carboxylic acids is 1. The molecule has 0 aliphatic heterocycles. The molecule has 0 aromatic heterocycles. The highest BCUT2D eigenvalue weighted by molar-refractivity contribution is 7.85. The van der Waals surface area contributed by atoms with Gasteiger partial charge in [0.05, 0.1) is 4.90 Å². The van der Waals surface area contributed by atoms with E-state index in [1.165, 1.54) is 12.1 Å². The number of aryl methyl sites for hydroxylation is 3. The smallest absolute Gasteiger partial charge is 0.303 e. The highest BCUT2D eigenvalue weighted by atomic mass is 32.2. The van der Waals surface area contributed by atoms with Crippen molar-refractivity contribution in [3.8, 4) is 0 Å². The van der Waals surface area contributed by atoms with Crippen LogP contribution >= 0.6 is 0 Å². The monoisotopic (exact) mass is 391 g/mol. The lowest BCUT2D eigenvalue weighted by molar-refractivity contribution is -0.136. The summed E-state index contributed by atoms with van der Waals surface area (Å²) >= 11 is 0. The summed E-state index contributed by atoms with van der Waals surface area (Å²) in [4.78, 5) is 12.9. The van der Waals surface area contributed by atoms with E-state index >= 15 is 0 Å². The minimum atomic E-state index is -4.36. The third-order valence-electron chi connectivity index (χ3n) is 4.54. The van der Waals surface area contributed by atoms with E-state index in [4.69, 9.17) is 5.11 Å². The van der Waals surface area contributed by atoms with Gasteiger partial charge in [-0.25, -0.2) is 0 Å². The van der Waals surface area contributed by atoms with Gasteiger partial charge in [-0.15, -0.1) is 0 Å². The lowest BCUT2D eigenvalue weighted by atomic mass is 9.97. The van der Waals surface area contributed by atoms with Crippen molar-refractivity contribution in [2.75, 3.05) is 11.4 Å². The van der Waals surface area contributed by atoms with E-state index in [0.717, 1.165) is 23.4 Å². The number of nitrogens with zero attached hydrogens (tertiary/aromatic N) is 1. The molecule has 6 nitrogen and oxygen atoms in total. The number of carboxylic acids is 1. The maximum absolute atomic E-state index is 11.6. The molecule has 0 atom stereocenters. The van der Waals surface area contributed by atoms with Crippen molar-refractivity contribution in [3.05, 3.63) is 58.7 Å². The van der Waals surface area contributed by atoms with Crippen LogP contribution in [0.5, 0.6) is 0 Å². The topological polar surface area (TPSA) is 94.9 Å². The molecule has 27 heavy (non-hydrogen) atoms. The van der Waals surface area contributed by atoms with Crippen molar-refractivity contribution in [2.45, 2.75) is 45.1 Å². The number of carboxylic acid groups (broad SMARTS) is 1. The van der Waals surface area contributed by atoms with E-state index < -0.39 is 16.1 Å². The van der Waals surface area contributed by atoms with E-state index in [0.29, 0.717) is 17.7 Å². The van der Waals surface area contributed by atoms with Gasteiger partial charge in [0.15, 0.2) is 0 Å². The highest BCUT2D eigenvalue weighted by Gasteiger charge is 2.18. The Morgan fingerprint density at radius 1 is 1.15 bits per heavy atom. The van der Waals surface area contributed by atoms with Gasteiger partial charge in [0, 0.05) is 25.2 Å². The maximum atomic E-state index is 11.6. The average molecular weight is 391 g/mol. The Labute approximate surface area is 160 Å². The van der Waals surface area contributed by atoms with Crippen LogP contribution in [0.25, 0.3) is 0 Å². The Balaban J connectivity index is 2.48. The minimum absolute atomic E-state index is 0.113. The fourth-order valence-electron chi connectivity index (χ4n) is 3.10. The molecule has 2 aromatic rings. The molecule has 7 heteroatoms. The molecule has 0 fully saturated rings. The van der Waals surface area contributed by atoms with Gasteiger partial charge < -0.3 is 10.0 Å². The fourth-order valence-corrected chi connectivity index (χ4v) is 3.71. The van der Waals surface area contributed by atoms with Crippen molar-refractivity contribution in [2.24, 2.45) is 0 Å². The summed E-state index contributed by atoms with van der Waals surface area (Å²) in [6.07, 6.45) is 0.0815. The predicted molar refractivity (Wildman–Crippen MR) is 105 cm³/mol. The van der Waals surface area contributed by atoms with Crippen LogP contribution in [0.1, 0.15) is 35.6 Å². The van der Waals surface area contributed by atoms with Crippen LogP contribution in [-0.4, -0.2) is 30.6 Å². The van der Waals surface area contributed by atoms with Crippen LogP contribution in [-0.2, 0) is 27.9 Å². The van der Waals surface area contributed by atoms with Gasteiger partial charge in [-0.05, 0) is 73.7 Å². The van der Waals surface area contributed by atoms with Crippen molar-refractivity contribution >= 4 is 21.8 Å². The molecule has 0 radical (unpaired) electrons. The van der Waals surface area contributed by atoms with Gasteiger partial charge in [-0.1, -0.05) is 12.1 Å². The second kappa shape index (κ2) is 8.54. The summed E-state index contributed by atoms with van der Waals surface area (Å²) in [5.74, 6) is -0.957. The number of anilines is 1. The normalized spacial score (nSPS) is 11.4. The summed E-state index contributed by atoms with van der Waals surface area (Å²) < 4.78 is 32.5. The summed E-state index contributed by atoms with van der Waals surface area (Å²) in [7, 11) is -4.36. The molecule has 2 N–H and O–H groups in total. The zero-order valence-electron chi connectivity index (χ0n) is 15.8. The van der Waals surface area contributed by atoms with E-state index in [2.05, 4.69) is 11.0 Å². The quantitative estimate of drug-likeness (QED) is 0.668. The summed E-state index contributed by atoms with van der Waals surface area (Å²) in [5, 5.41) is 9.02. The van der Waals surface area contributed by atoms with E-state index in [1.807, 2.05) is 32.0 Å². The molecule has 0 amide bonds. The van der Waals surface area contributed by atoms with Crippen LogP contribution in [0.3, 0.4) is 0 Å². The van der Waals surface area contributed by atoms with E-state index in [-0.39, 0.29) is 17.7 Å². The molecule has 0 unspecified atom stereocenters. The van der Waals surface area contributed by atoms with Gasteiger partial charge >= 0.3 is 5.97 Å². The molecule has 146 valence electrons. The first-order valence-corrected chi connectivity index (χ1v) is 10.2. The first kappa shape index (κ1) is 20.9. The Morgan fingerprint density at radius 3 is 2.41 bits per heavy atom. The first-order chi connectivity index (χ1) is 12.6. The predicted octanol–water partition coefficient (Wildman–Crippen LogP) is 3.59. The number of hydrogen-bond acceptors (Lipinski definition) is 4. The molecule has 0 saturated heterocycles. The molecular formula is C20H25NO5S. The van der Waals surface area contributed by atoms with Crippen molar-refractivity contribution in [3.63, 3.8) is 0 Å². The largest absolute Gasteiger partial charge is 0.481 e. The minimum Gasteiger partial charge on any atom is -0.481 e. The molecule has 2 rings (SSSR count). The number of benzene rings is 2. The number of carbonyl (C=O) groups is 1. The molecular weight excluding hydrogens is 366 g/mol. The molecule has 0 spiro atoms. The number of rotatable bonds is 8. The third kappa shape index (κ3) is 5.55. The van der Waals surface area contributed by atoms with Crippen molar-refractivity contribution in [1.29, 1.82) is 0 Å². The number of hydrogen-bond donors (Lipinski definition) is 2. The lowest BCUT2D eigenvalue weighted by Crippen LogP contribution is -2.24. The van der Waals surface area contributed by atoms with Gasteiger partial charge in [-0.3, -0.25) is 9.35 Å². The van der Waals surface area contributed by atoms with Crippen LogP contribution in [0.2, 0.25) is 0 Å². The van der Waals surface area contributed by atoms with Gasteiger partial charge in [-0.2, -0.15) is 8.42 Å². The summed E-state index contributed by atoms with van der Waals surface area (Å²) in [6, 6.07) is 10.9. The van der Waals surface area contributed by atoms with Crippen LogP contribution in [0, 0.1) is 13.8 Å². The van der Waals surface area contributed by atoms with Crippen LogP contribution < -0.4 is 4.90 Å². The lowest BCUT2D eigenvalue weighted by Gasteiger charge is -2.26. The zero-order chi connectivity index (χ0) is 20.2. The molecule has 0 bridgehead atoms. The third-order valence-corrected chi connectivity index (χ3v) is 5.37. The van der Waals surface area contributed by atoms with Crippen LogP contribution in [0.4, 0.5) is 5.69 Å². The Kier molecular flexibility index (Phi) is 6.62. The second-order valence-corrected chi connectivity index (χ2v) is 8.02. The van der Waals surface area contributed by atoms with Crippen molar-refractivity contribution < 1.29 is 22.9 Å². The molecule has 0 heterocycles. The van der Waals surface area contributed by atoms with E-state index in [9.17, 15) is 17.8 Å². The SMILES string of the molecule is CCN(Cc1c(C)cc(S(=O)(=O)O)cc1CCC(=O)O)c1cccc(C)c1. The molecule has 0 aliphatic rings. The highest BCUT2D eigenvalue weighted by Crippen LogP contribution is 2.26. The van der Waals surface area contributed by atoms with Crippen LogP contribution in [0.15, 0.2) is 41.3 Å². The van der Waals surface area contributed by atoms with Gasteiger partial charge in [0.25, 0.3) is 10.1 Å². The fraction of sp³-hybridized carbons (Fsp3) is 0.350. The molecule has 0 aliphatic carbocycles. The average Bonchev–Trinajstić information content (AvgIpc) is 2.57. The maximum Gasteiger partial charge on any atom is 0.303 e. The Hall–Kier alpha value is -2.38. The Bertz CT molecular complexity index is 937. The standard InChI is InChI=1S/C20H25NO5S/c1-4-21(17-7-5-6-14(2)10-17)13-19-15(3)11-18(27(24,25)26)12-16(19)8-9-20(22)23/h5-7,10-12H,4,8-9,13H2,1-3H3,(H,22,23)(H,24,25,26).